The van der Waals surface area contributed by atoms with E-state index in [9.17, 15) is 14.4 Å². The van der Waals surface area contributed by atoms with E-state index in [1.54, 1.807) is 9.80 Å². The highest BCUT2D eigenvalue weighted by Crippen LogP contribution is 2.27. The van der Waals surface area contributed by atoms with Gasteiger partial charge in [0.2, 0.25) is 17.7 Å². The van der Waals surface area contributed by atoms with E-state index in [-0.39, 0.29) is 24.3 Å². The molecular weight excluding hydrogens is 306 g/mol. The number of para-hydroxylation sites is 1. The van der Waals surface area contributed by atoms with Crippen LogP contribution in [0.4, 0.5) is 5.69 Å². The van der Waals surface area contributed by atoms with Crippen molar-refractivity contribution < 1.29 is 14.4 Å². The Morgan fingerprint density at radius 3 is 2.79 bits per heavy atom. The number of amides is 3. The molecule has 0 aromatic heterocycles. The minimum Gasteiger partial charge on any atom is -0.353 e. The lowest BCUT2D eigenvalue weighted by atomic mass is 10.2. The summed E-state index contributed by atoms with van der Waals surface area (Å²) in [6, 6.07) is 7.72. The van der Waals surface area contributed by atoms with Gasteiger partial charge in [0.05, 0.1) is 13.0 Å². The van der Waals surface area contributed by atoms with Crippen LogP contribution in [-0.2, 0) is 20.8 Å². The summed E-state index contributed by atoms with van der Waals surface area (Å²) in [5.74, 6) is -0.0374. The number of hydrogen-bond donors (Lipinski definition) is 1. The molecular formula is C18H23N3O3. The second kappa shape index (κ2) is 7.47. The topological polar surface area (TPSA) is 69.7 Å². The van der Waals surface area contributed by atoms with Crippen molar-refractivity contribution in [1.29, 1.82) is 0 Å². The number of carbonyl (C=O) groups excluding carboxylic acids is 3. The van der Waals surface area contributed by atoms with Gasteiger partial charge in [-0.1, -0.05) is 24.6 Å². The van der Waals surface area contributed by atoms with Crippen molar-refractivity contribution in [2.75, 3.05) is 31.1 Å². The number of hydrogen-bond acceptors (Lipinski definition) is 3. The Bertz CT molecular complexity index is 644. The quantitative estimate of drug-likeness (QED) is 0.879. The summed E-state index contributed by atoms with van der Waals surface area (Å²) in [6.45, 7) is 1.62. The first-order valence-electron chi connectivity index (χ1n) is 8.58. The molecule has 6 nitrogen and oxygen atoms in total. The zero-order chi connectivity index (χ0) is 16.9. The highest BCUT2D eigenvalue weighted by molar-refractivity contribution is 6.01. The van der Waals surface area contributed by atoms with Crippen molar-refractivity contribution in [2.24, 2.45) is 0 Å². The molecule has 2 heterocycles. The van der Waals surface area contributed by atoms with Gasteiger partial charge in [-0.3, -0.25) is 14.4 Å². The van der Waals surface area contributed by atoms with Crippen molar-refractivity contribution >= 4 is 23.4 Å². The van der Waals surface area contributed by atoms with E-state index in [0.29, 0.717) is 32.5 Å². The van der Waals surface area contributed by atoms with Crippen LogP contribution in [0, 0.1) is 0 Å². The summed E-state index contributed by atoms with van der Waals surface area (Å²) in [4.78, 5) is 39.4. The maximum atomic E-state index is 12.1. The van der Waals surface area contributed by atoms with Gasteiger partial charge < -0.3 is 15.1 Å². The molecule has 0 aliphatic carbocycles. The Balaban J connectivity index is 1.47. The average Bonchev–Trinajstić information content (AvgIpc) is 2.74. The van der Waals surface area contributed by atoms with Crippen LogP contribution < -0.4 is 10.2 Å². The molecule has 3 rings (SSSR count). The van der Waals surface area contributed by atoms with E-state index in [2.05, 4.69) is 5.32 Å². The summed E-state index contributed by atoms with van der Waals surface area (Å²) in [6.07, 6.45) is 3.87. The predicted octanol–water partition coefficient (Wildman–Crippen LogP) is 1.09. The first-order chi connectivity index (χ1) is 11.6. The number of rotatable bonds is 5. The Kier molecular flexibility index (Phi) is 5.13. The van der Waals surface area contributed by atoms with Gasteiger partial charge >= 0.3 is 0 Å². The van der Waals surface area contributed by atoms with Crippen LogP contribution in [0.3, 0.4) is 0 Å². The lowest BCUT2D eigenvalue weighted by Gasteiger charge is -2.21. The maximum absolute atomic E-state index is 12.1. The number of benzene rings is 1. The molecule has 1 fully saturated rings. The molecule has 1 N–H and O–H groups in total. The van der Waals surface area contributed by atoms with Crippen LogP contribution in [0.2, 0.25) is 0 Å². The minimum absolute atomic E-state index is 0.0614. The van der Waals surface area contributed by atoms with E-state index in [0.717, 1.165) is 30.5 Å². The summed E-state index contributed by atoms with van der Waals surface area (Å²) in [7, 11) is 0. The van der Waals surface area contributed by atoms with E-state index < -0.39 is 0 Å². The highest BCUT2D eigenvalue weighted by Gasteiger charge is 2.26. The summed E-state index contributed by atoms with van der Waals surface area (Å²) in [5.41, 5.74) is 1.96. The molecule has 1 saturated heterocycles. The second-order valence-corrected chi connectivity index (χ2v) is 6.33. The van der Waals surface area contributed by atoms with Gasteiger partial charge in [0.1, 0.15) is 0 Å². The minimum atomic E-state index is -0.162. The van der Waals surface area contributed by atoms with Crippen molar-refractivity contribution in [3.63, 3.8) is 0 Å². The number of fused-ring (bicyclic) bond motifs is 1. The Morgan fingerprint density at radius 2 is 1.92 bits per heavy atom. The number of carbonyl (C=O) groups is 3. The first-order valence-corrected chi connectivity index (χ1v) is 8.58. The molecule has 0 radical (unpaired) electrons. The fraction of sp³-hybridized carbons (Fsp3) is 0.500. The van der Waals surface area contributed by atoms with E-state index >= 15 is 0 Å². The second-order valence-electron chi connectivity index (χ2n) is 6.33. The Morgan fingerprint density at radius 1 is 1.08 bits per heavy atom. The average molecular weight is 329 g/mol. The fourth-order valence-electron chi connectivity index (χ4n) is 3.30. The highest BCUT2D eigenvalue weighted by atomic mass is 16.2. The Hall–Kier alpha value is -2.37. The molecule has 2 aliphatic heterocycles. The molecule has 0 saturated carbocycles. The zero-order valence-electron chi connectivity index (χ0n) is 13.8. The van der Waals surface area contributed by atoms with Crippen LogP contribution in [-0.4, -0.2) is 48.8 Å². The largest absolute Gasteiger partial charge is 0.353 e. The number of likely N-dealkylation sites (tertiary alicyclic amines) is 1. The van der Waals surface area contributed by atoms with Gasteiger partial charge in [-0.25, -0.2) is 0 Å². The van der Waals surface area contributed by atoms with Gasteiger partial charge in [-0.15, -0.1) is 0 Å². The van der Waals surface area contributed by atoms with E-state index in [1.165, 1.54) is 0 Å². The standard InChI is InChI=1S/C18H23N3O3/c22-16(13-20-10-5-1-2-8-17(20)23)19-9-11-21-15-7-4-3-6-14(15)12-18(21)24/h3-4,6-7H,1-2,5,8-13H2,(H,19,22). The van der Waals surface area contributed by atoms with Gasteiger partial charge in [0.25, 0.3) is 0 Å². The SMILES string of the molecule is O=C(CN1CCCCCC1=O)NCCN1C(=O)Cc2ccccc21. The summed E-state index contributed by atoms with van der Waals surface area (Å²) < 4.78 is 0. The molecule has 128 valence electrons. The third-order valence-corrected chi connectivity index (χ3v) is 4.59. The van der Waals surface area contributed by atoms with Crippen molar-refractivity contribution in [2.45, 2.75) is 32.1 Å². The molecule has 2 aliphatic rings. The monoisotopic (exact) mass is 329 g/mol. The first kappa shape index (κ1) is 16.5. The van der Waals surface area contributed by atoms with E-state index in [4.69, 9.17) is 0 Å². The van der Waals surface area contributed by atoms with Crippen LogP contribution in [0.5, 0.6) is 0 Å². The predicted molar refractivity (Wildman–Crippen MR) is 90.6 cm³/mol. The molecule has 0 spiro atoms. The van der Waals surface area contributed by atoms with Crippen LogP contribution in [0.25, 0.3) is 0 Å². The molecule has 24 heavy (non-hydrogen) atoms. The lowest BCUT2D eigenvalue weighted by Crippen LogP contribution is -2.43. The molecule has 0 bridgehead atoms. The van der Waals surface area contributed by atoms with Gasteiger partial charge in [-0.2, -0.15) is 0 Å². The van der Waals surface area contributed by atoms with Crippen molar-refractivity contribution in [1.82, 2.24) is 10.2 Å². The molecule has 3 amide bonds. The molecule has 0 atom stereocenters. The molecule has 0 unspecified atom stereocenters. The van der Waals surface area contributed by atoms with Crippen LogP contribution >= 0.6 is 0 Å². The van der Waals surface area contributed by atoms with Crippen molar-refractivity contribution in [3.05, 3.63) is 29.8 Å². The lowest BCUT2D eigenvalue weighted by molar-refractivity contribution is -0.135. The third kappa shape index (κ3) is 3.75. The van der Waals surface area contributed by atoms with Gasteiger partial charge in [-0.05, 0) is 24.5 Å². The van der Waals surface area contributed by atoms with Crippen molar-refractivity contribution in [3.8, 4) is 0 Å². The molecule has 1 aromatic carbocycles. The van der Waals surface area contributed by atoms with Gasteiger partial charge in [0.15, 0.2) is 0 Å². The number of nitrogens with one attached hydrogen (secondary N) is 1. The van der Waals surface area contributed by atoms with E-state index in [1.807, 2.05) is 24.3 Å². The zero-order valence-corrected chi connectivity index (χ0v) is 13.8. The smallest absolute Gasteiger partial charge is 0.239 e. The summed E-state index contributed by atoms with van der Waals surface area (Å²) in [5, 5.41) is 2.82. The van der Waals surface area contributed by atoms with Crippen LogP contribution in [0.15, 0.2) is 24.3 Å². The summed E-state index contributed by atoms with van der Waals surface area (Å²) >= 11 is 0. The third-order valence-electron chi connectivity index (χ3n) is 4.59. The number of anilines is 1. The molecule has 6 heteroatoms. The Labute approximate surface area is 141 Å². The van der Waals surface area contributed by atoms with Gasteiger partial charge in [0, 0.05) is 31.7 Å². The molecule has 1 aromatic rings. The number of nitrogens with zero attached hydrogens (tertiary/aromatic N) is 2. The van der Waals surface area contributed by atoms with Crippen LogP contribution in [0.1, 0.15) is 31.2 Å². The fourth-order valence-corrected chi connectivity index (χ4v) is 3.30. The maximum Gasteiger partial charge on any atom is 0.239 e. The normalized spacial score (nSPS) is 17.7.